The van der Waals surface area contributed by atoms with E-state index in [4.69, 9.17) is 21.1 Å². The minimum absolute atomic E-state index is 0.181. The molecule has 0 heterocycles. The molecule has 0 aliphatic carbocycles. The quantitative estimate of drug-likeness (QED) is 0.461. The number of esters is 1. The van der Waals surface area contributed by atoms with E-state index in [-0.39, 0.29) is 6.61 Å². The van der Waals surface area contributed by atoms with Gasteiger partial charge in [-0.15, -0.1) is 0 Å². The van der Waals surface area contributed by atoms with Crippen LogP contribution in [-0.4, -0.2) is 12.6 Å². The summed E-state index contributed by atoms with van der Waals surface area (Å²) in [6, 6.07) is 22.5. The van der Waals surface area contributed by atoms with Gasteiger partial charge in [-0.2, -0.15) is 0 Å². The van der Waals surface area contributed by atoms with E-state index in [1.165, 1.54) is 5.56 Å². The number of hydrogen-bond acceptors (Lipinski definition) is 3. The third-order valence-corrected chi connectivity index (χ3v) is 3.86. The highest BCUT2D eigenvalue weighted by molar-refractivity contribution is 6.30. The molecule has 3 aromatic rings. The number of carbonyl (C=O) groups is 1. The molecule has 126 valence electrons. The number of aryl methyl sites for hydroxylation is 1. The molecule has 25 heavy (non-hydrogen) atoms. The van der Waals surface area contributed by atoms with Gasteiger partial charge in [0.2, 0.25) is 0 Å². The van der Waals surface area contributed by atoms with Gasteiger partial charge in [0.1, 0.15) is 11.5 Å². The lowest BCUT2D eigenvalue weighted by Gasteiger charge is -2.08. The van der Waals surface area contributed by atoms with E-state index in [1.807, 2.05) is 12.1 Å². The van der Waals surface area contributed by atoms with Crippen molar-refractivity contribution in [2.75, 3.05) is 6.61 Å². The van der Waals surface area contributed by atoms with E-state index in [9.17, 15) is 4.79 Å². The van der Waals surface area contributed by atoms with E-state index in [2.05, 4.69) is 31.2 Å². The molecule has 3 nitrogen and oxygen atoms in total. The first-order chi connectivity index (χ1) is 12.1. The molecule has 0 fully saturated rings. The number of rotatable bonds is 5. The maximum Gasteiger partial charge on any atom is 0.349 e. The molecule has 0 spiro atoms. The fourth-order valence-electron chi connectivity index (χ4n) is 2.32. The monoisotopic (exact) mass is 352 g/mol. The van der Waals surface area contributed by atoms with Crippen LogP contribution in [0.5, 0.6) is 11.5 Å². The molecule has 0 aliphatic heterocycles. The first kappa shape index (κ1) is 17.1. The van der Waals surface area contributed by atoms with Gasteiger partial charge in [-0.1, -0.05) is 59.6 Å². The Labute approximate surface area is 151 Å². The topological polar surface area (TPSA) is 35.5 Å². The second-order valence-electron chi connectivity index (χ2n) is 5.61. The van der Waals surface area contributed by atoms with Crippen LogP contribution in [0.3, 0.4) is 0 Å². The second-order valence-corrected chi connectivity index (χ2v) is 6.05. The van der Waals surface area contributed by atoms with Crippen LogP contribution >= 0.6 is 11.6 Å². The van der Waals surface area contributed by atoms with Crippen molar-refractivity contribution < 1.29 is 14.3 Å². The van der Waals surface area contributed by atoms with Crippen LogP contribution in [0.4, 0.5) is 0 Å². The van der Waals surface area contributed by atoms with Gasteiger partial charge in [-0.3, -0.25) is 0 Å². The SMILES string of the molecule is Cc1ccc(-c2ccc(OC(=O)COc3cccc(Cl)c3)cc2)cc1. The molecule has 0 amide bonds. The van der Waals surface area contributed by atoms with Crippen molar-refractivity contribution in [3.05, 3.63) is 83.4 Å². The van der Waals surface area contributed by atoms with Gasteiger partial charge in [-0.25, -0.2) is 4.79 Å². The summed E-state index contributed by atoms with van der Waals surface area (Å²) < 4.78 is 10.6. The van der Waals surface area contributed by atoms with Crippen molar-refractivity contribution in [3.8, 4) is 22.6 Å². The highest BCUT2D eigenvalue weighted by atomic mass is 35.5. The zero-order valence-electron chi connectivity index (χ0n) is 13.7. The zero-order valence-corrected chi connectivity index (χ0v) is 14.5. The molecule has 3 aromatic carbocycles. The molecule has 0 aliphatic rings. The predicted octanol–water partition coefficient (Wildman–Crippen LogP) is 5.30. The molecule has 0 atom stereocenters. The molecule has 0 saturated heterocycles. The fraction of sp³-hybridized carbons (Fsp3) is 0.0952. The number of ether oxygens (including phenoxy) is 2. The van der Waals surface area contributed by atoms with Crippen LogP contribution in [0.15, 0.2) is 72.8 Å². The summed E-state index contributed by atoms with van der Waals surface area (Å²) in [6.07, 6.45) is 0. The minimum Gasteiger partial charge on any atom is -0.482 e. The summed E-state index contributed by atoms with van der Waals surface area (Å²) in [4.78, 5) is 11.9. The van der Waals surface area contributed by atoms with E-state index in [0.29, 0.717) is 16.5 Å². The normalized spacial score (nSPS) is 10.3. The lowest BCUT2D eigenvalue weighted by atomic mass is 10.0. The molecular weight excluding hydrogens is 336 g/mol. The van der Waals surface area contributed by atoms with Crippen molar-refractivity contribution in [2.45, 2.75) is 6.92 Å². The molecule has 4 heteroatoms. The van der Waals surface area contributed by atoms with Gasteiger partial charge in [0.25, 0.3) is 0 Å². The maximum absolute atomic E-state index is 11.9. The fourth-order valence-corrected chi connectivity index (χ4v) is 2.50. The van der Waals surface area contributed by atoms with E-state index < -0.39 is 5.97 Å². The molecule has 0 bridgehead atoms. The summed E-state index contributed by atoms with van der Waals surface area (Å²) in [7, 11) is 0. The van der Waals surface area contributed by atoms with Crippen LogP contribution in [0, 0.1) is 6.92 Å². The lowest BCUT2D eigenvalue weighted by molar-refractivity contribution is -0.136. The number of halogens is 1. The molecule has 3 rings (SSSR count). The first-order valence-electron chi connectivity index (χ1n) is 7.86. The number of carbonyl (C=O) groups excluding carboxylic acids is 1. The molecule has 0 aromatic heterocycles. The van der Waals surface area contributed by atoms with Crippen LogP contribution in [0.2, 0.25) is 5.02 Å². The second kappa shape index (κ2) is 7.86. The van der Waals surface area contributed by atoms with Gasteiger partial charge >= 0.3 is 5.97 Å². The standard InChI is InChI=1S/C21H17ClO3/c1-15-5-7-16(8-6-15)17-9-11-19(12-10-17)25-21(23)14-24-20-4-2-3-18(22)13-20/h2-13H,14H2,1H3. The lowest BCUT2D eigenvalue weighted by Crippen LogP contribution is -2.17. The van der Waals surface area contributed by atoms with E-state index >= 15 is 0 Å². The van der Waals surface area contributed by atoms with Gasteiger partial charge in [0.05, 0.1) is 0 Å². The highest BCUT2D eigenvalue weighted by Crippen LogP contribution is 2.23. The Balaban J connectivity index is 1.57. The van der Waals surface area contributed by atoms with Crippen LogP contribution < -0.4 is 9.47 Å². The van der Waals surface area contributed by atoms with Crippen molar-refractivity contribution in [2.24, 2.45) is 0 Å². The predicted molar refractivity (Wildman–Crippen MR) is 99.2 cm³/mol. The van der Waals surface area contributed by atoms with Crippen LogP contribution in [0.1, 0.15) is 5.56 Å². The Bertz CT molecular complexity index is 855. The Morgan fingerprint density at radius 2 is 1.52 bits per heavy atom. The van der Waals surface area contributed by atoms with Crippen molar-refractivity contribution in [3.63, 3.8) is 0 Å². The van der Waals surface area contributed by atoms with Crippen molar-refractivity contribution in [1.29, 1.82) is 0 Å². The summed E-state index contributed by atoms with van der Waals surface area (Å²) >= 11 is 5.87. The van der Waals surface area contributed by atoms with Gasteiger partial charge in [0.15, 0.2) is 6.61 Å². The summed E-state index contributed by atoms with van der Waals surface area (Å²) in [6.45, 7) is 1.87. The van der Waals surface area contributed by atoms with Gasteiger partial charge in [0, 0.05) is 5.02 Å². The summed E-state index contributed by atoms with van der Waals surface area (Å²) in [5, 5.41) is 0.553. The van der Waals surface area contributed by atoms with E-state index in [1.54, 1.807) is 36.4 Å². The van der Waals surface area contributed by atoms with E-state index in [0.717, 1.165) is 11.1 Å². The molecule has 0 radical (unpaired) electrons. The van der Waals surface area contributed by atoms with Crippen LogP contribution in [-0.2, 0) is 4.79 Å². The maximum atomic E-state index is 11.9. The average molecular weight is 353 g/mol. The molecule has 0 N–H and O–H groups in total. The highest BCUT2D eigenvalue weighted by Gasteiger charge is 2.07. The van der Waals surface area contributed by atoms with Crippen molar-refractivity contribution >= 4 is 17.6 Å². The Kier molecular flexibility index (Phi) is 5.36. The van der Waals surface area contributed by atoms with Crippen molar-refractivity contribution in [1.82, 2.24) is 0 Å². The largest absolute Gasteiger partial charge is 0.482 e. The number of benzene rings is 3. The molecular formula is C21H17ClO3. The Morgan fingerprint density at radius 3 is 2.16 bits per heavy atom. The summed E-state index contributed by atoms with van der Waals surface area (Å²) in [5.74, 6) is 0.540. The first-order valence-corrected chi connectivity index (χ1v) is 8.24. The zero-order chi connectivity index (χ0) is 17.6. The smallest absolute Gasteiger partial charge is 0.349 e. The van der Waals surface area contributed by atoms with Crippen LogP contribution in [0.25, 0.3) is 11.1 Å². The molecule has 0 unspecified atom stereocenters. The Hall–Kier alpha value is -2.78. The summed E-state index contributed by atoms with van der Waals surface area (Å²) in [5.41, 5.74) is 3.40. The number of hydrogen-bond donors (Lipinski definition) is 0. The third kappa shape index (κ3) is 4.85. The average Bonchev–Trinajstić information content (AvgIpc) is 2.62. The van der Waals surface area contributed by atoms with Gasteiger partial charge < -0.3 is 9.47 Å². The Morgan fingerprint density at radius 1 is 0.880 bits per heavy atom. The third-order valence-electron chi connectivity index (χ3n) is 3.62. The molecule has 0 saturated carbocycles. The van der Waals surface area contributed by atoms with Gasteiger partial charge in [-0.05, 0) is 48.4 Å². The minimum atomic E-state index is -0.469.